The van der Waals surface area contributed by atoms with Crippen LogP contribution in [-0.4, -0.2) is 5.55 Å². The highest BCUT2D eigenvalue weighted by molar-refractivity contribution is 7.78. The van der Waals surface area contributed by atoms with Crippen molar-refractivity contribution in [2.24, 2.45) is 0 Å². The van der Waals surface area contributed by atoms with Crippen LogP contribution in [0.3, 0.4) is 0 Å². The first kappa shape index (κ1) is 6.23. The molecule has 0 aliphatic rings. The van der Waals surface area contributed by atoms with Crippen molar-refractivity contribution in [2.45, 2.75) is 0 Å². The van der Waals surface area contributed by atoms with Gasteiger partial charge in [0, 0.05) is 0 Å². The Morgan fingerprint density at radius 2 is 2.56 bits per heavy atom. The molecule has 0 saturated heterocycles. The minimum absolute atomic E-state index is 0.729. The number of rotatable bonds is 2. The maximum absolute atomic E-state index is 4.86. The van der Waals surface area contributed by atoms with Crippen LogP contribution in [0.5, 0.6) is 5.75 Å². The van der Waals surface area contributed by atoms with E-state index in [-0.39, 0.29) is 0 Å². The molecule has 1 radical (unpaired) electrons. The molecule has 0 amide bonds. The van der Waals surface area contributed by atoms with Crippen molar-refractivity contribution < 1.29 is 4.74 Å². The van der Waals surface area contributed by atoms with Crippen molar-refractivity contribution in [3.63, 3.8) is 0 Å². The van der Waals surface area contributed by atoms with Gasteiger partial charge >= 0.3 is 0 Å². The van der Waals surface area contributed by atoms with Crippen LogP contribution in [0, 0.1) is 6.07 Å². The monoisotopic (exact) mass is 137 g/mol. The van der Waals surface area contributed by atoms with Crippen LogP contribution in [0.15, 0.2) is 24.3 Å². The van der Waals surface area contributed by atoms with Crippen molar-refractivity contribution in [3.05, 3.63) is 30.3 Å². The Bertz CT molecular complexity index is 183. The number of hydrogen-bond acceptors (Lipinski definition) is 2. The number of thiocarbonyl (C=S) groups is 1. The first-order valence-electron chi connectivity index (χ1n) is 2.50. The highest BCUT2D eigenvalue weighted by Gasteiger charge is 1.83. The van der Waals surface area contributed by atoms with Crippen LogP contribution in [0.25, 0.3) is 0 Å². The predicted molar refractivity (Wildman–Crippen MR) is 39.6 cm³/mol. The molecule has 1 aromatic carbocycles. The van der Waals surface area contributed by atoms with E-state index < -0.39 is 0 Å². The SMILES string of the molecule is S=COc1c[c]ccc1. The van der Waals surface area contributed by atoms with E-state index in [1.54, 1.807) is 12.1 Å². The molecule has 45 valence electrons. The summed E-state index contributed by atoms with van der Waals surface area (Å²) in [6, 6.07) is 10.0. The Morgan fingerprint density at radius 3 is 3.11 bits per heavy atom. The lowest BCUT2D eigenvalue weighted by atomic mass is 10.3. The fraction of sp³-hybridized carbons (Fsp3) is 0. The second-order valence-corrected chi connectivity index (χ2v) is 1.65. The molecule has 2 heteroatoms. The van der Waals surface area contributed by atoms with Gasteiger partial charge in [0.15, 0.2) is 5.55 Å². The summed E-state index contributed by atoms with van der Waals surface area (Å²) in [7, 11) is 0. The molecular weight excluding hydrogens is 132 g/mol. The van der Waals surface area contributed by atoms with E-state index in [0.717, 1.165) is 5.75 Å². The molecule has 9 heavy (non-hydrogen) atoms. The van der Waals surface area contributed by atoms with Crippen molar-refractivity contribution in [1.29, 1.82) is 0 Å². The largest absolute Gasteiger partial charge is 0.454 e. The van der Waals surface area contributed by atoms with E-state index in [9.17, 15) is 0 Å². The summed E-state index contributed by atoms with van der Waals surface area (Å²) in [6.45, 7) is 0. The molecule has 0 unspecified atom stereocenters. The van der Waals surface area contributed by atoms with Gasteiger partial charge in [0.25, 0.3) is 0 Å². The molecule has 1 aromatic rings. The summed E-state index contributed by atoms with van der Waals surface area (Å²) in [5.41, 5.74) is 1.23. The Morgan fingerprint density at radius 1 is 1.67 bits per heavy atom. The van der Waals surface area contributed by atoms with Gasteiger partial charge in [-0.1, -0.05) is 12.1 Å². The average Bonchev–Trinajstić information content (AvgIpc) is 1.91. The zero-order valence-electron chi connectivity index (χ0n) is 4.70. The van der Waals surface area contributed by atoms with E-state index in [2.05, 4.69) is 18.3 Å². The maximum atomic E-state index is 4.86. The molecule has 0 heterocycles. The molecule has 0 saturated carbocycles. The van der Waals surface area contributed by atoms with Crippen LogP contribution >= 0.6 is 12.2 Å². The summed E-state index contributed by atoms with van der Waals surface area (Å²) in [5.74, 6) is 0.729. The summed E-state index contributed by atoms with van der Waals surface area (Å²) in [5, 5.41) is 0. The summed E-state index contributed by atoms with van der Waals surface area (Å²) >= 11 is 4.47. The van der Waals surface area contributed by atoms with Crippen molar-refractivity contribution >= 4 is 17.8 Å². The molecular formula is C7H5OS. The van der Waals surface area contributed by atoms with E-state index in [0.29, 0.717) is 0 Å². The molecule has 0 fully saturated rings. The highest BCUT2D eigenvalue weighted by atomic mass is 32.1. The summed E-state index contributed by atoms with van der Waals surface area (Å²) < 4.78 is 4.86. The van der Waals surface area contributed by atoms with E-state index in [1.165, 1.54) is 5.55 Å². The van der Waals surface area contributed by atoms with Gasteiger partial charge in [0.2, 0.25) is 0 Å². The van der Waals surface area contributed by atoms with Gasteiger partial charge in [-0.15, -0.1) is 0 Å². The van der Waals surface area contributed by atoms with Crippen LogP contribution in [0.4, 0.5) is 0 Å². The van der Waals surface area contributed by atoms with Gasteiger partial charge in [0.1, 0.15) is 5.75 Å². The van der Waals surface area contributed by atoms with Crippen LogP contribution in [0.1, 0.15) is 0 Å². The Labute approximate surface area is 59.3 Å². The molecule has 0 aromatic heterocycles. The summed E-state index contributed by atoms with van der Waals surface area (Å²) in [4.78, 5) is 0. The average molecular weight is 137 g/mol. The standard InChI is InChI=1S/C7H5OS/c9-6-8-7-4-2-1-3-5-7/h1-2,4-6H. The smallest absolute Gasteiger partial charge is 0.154 e. The zero-order valence-corrected chi connectivity index (χ0v) is 5.52. The quantitative estimate of drug-likeness (QED) is 0.575. The van der Waals surface area contributed by atoms with Crippen LogP contribution in [0.2, 0.25) is 0 Å². The molecule has 1 rings (SSSR count). The lowest BCUT2D eigenvalue weighted by molar-refractivity contribution is 0.586. The third kappa shape index (κ3) is 1.82. The molecule has 0 spiro atoms. The van der Waals surface area contributed by atoms with Crippen LogP contribution < -0.4 is 4.74 Å². The molecule has 0 aliphatic heterocycles. The van der Waals surface area contributed by atoms with Gasteiger partial charge < -0.3 is 4.74 Å². The maximum Gasteiger partial charge on any atom is 0.154 e. The van der Waals surface area contributed by atoms with Gasteiger partial charge in [-0.3, -0.25) is 0 Å². The Balaban J connectivity index is 2.72. The minimum Gasteiger partial charge on any atom is -0.454 e. The number of benzene rings is 1. The number of hydrogen-bond donors (Lipinski definition) is 0. The molecule has 0 aliphatic carbocycles. The van der Waals surface area contributed by atoms with Crippen LogP contribution in [-0.2, 0) is 0 Å². The van der Waals surface area contributed by atoms with E-state index in [4.69, 9.17) is 4.74 Å². The fourth-order valence-electron chi connectivity index (χ4n) is 0.506. The topological polar surface area (TPSA) is 9.23 Å². The molecule has 0 bridgehead atoms. The first-order chi connectivity index (χ1) is 4.43. The highest BCUT2D eigenvalue weighted by Crippen LogP contribution is 2.05. The third-order valence-corrected chi connectivity index (χ3v) is 0.959. The van der Waals surface area contributed by atoms with Gasteiger partial charge in [-0.05, 0) is 30.4 Å². The van der Waals surface area contributed by atoms with E-state index in [1.807, 2.05) is 12.1 Å². The lowest BCUT2D eigenvalue weighted by Gasteiger charge is -1.93. The first-order valence-corrected chi connectivity index (χ1v) is 2.97. The van der Waals surface area contributed by atoms with Crippen molar-refractivity contribution in [2.75, 3.05) is 0 Å². The molecule has 0 N–H and O–H groups in total. The molecule has 0 atom stereocenters. The fourth-order valence-corrected chi connectivity index (χ4v) is 0.617. The zero-order chi connectivity index (χ0) is 6.53. The van der Waals surface area contributed by atoms with E-state index >= 15 is 0 Å². The van der Waals surface area contributed by atoms with Crippen molar-refractivity contribution in [3.8, 4) is 5.75 Å². The van der Waals surface area contributed by atoms with Gasteiger partial charge in [-0.25, -0.2) is 0 Å². The third-order valence-electron chi connectivity index (χ3n) is 0.863. The predicted octanol–water partition coefficient (Wildman–Crippen LogP) is 1.82. The minimum atomic E-state index is 0.729. The Hall–Kier alpha value is -0.890. The normalized spacial score (nSPS) is 8.44. The number of ether oxygens (including phenoxy) is 1. The van der Waals surface area contributed by atoms with Crippen molar-refractivity contribution in [1.82, 2.24) is 0 Å². The summed E-state index contributed by atoms with van der Waals surface area (Å²) in [6.07, 6.45) is 0. The molecule has 1 nitrogen and oxygen atoms in total. The second kappa shape index (κ2) is 3.20. The van der Waals surface area contributed by atoms with Gasteiger partial charge in [-0.2, -0.15) is 0 Å². The van der Waals surface area contributed by atoms with Gasteiger partial charge in [0.05, 0.1) is 0 Å². The Kier molecular flexibility index (Phi) is 2.22. The second-order valence-electron chi connectivity index (χ2n) is 1.45. The lowest BCUT2D eigenvalue weighted by Crippen LogP contribution is -1.83.